The summed E-state index contributed by atoms with van der Waals surface area (Å²) in [5, 5.41) is 14.9. The number of nitrogens with one attached hydrogen (secondary N) is 1. The molecule has 0 spiro atoms. The Hall–Kier alpha value is -4.66. The maximum atomic E-state index is 13.1. The number of hydrogen-bond acceptors (Lipinski definition) is 11. The fraction of sp³-hybridized carbons (Fsp3) is 0.362. The predicted octanol–water partition coefficient (Wildman–Crippen LogP) is 9.27. The Balaban J connectivity index is 0.000000323. The lowest BCUT2D eigenvalue weighted by molar-refractivity contribution is 0.102. The Labute approximate surface area is 368 Å². The third-order valence-corrected chi connectivity index (χ3v) is 17.6. The van der Waals surface area contributed by atoms with Crippen LogP contribution in [0.15, 0.2) is 126 Å². The van der Waals surface area contributed by atoms with Crippen LogP contribution >= 0.6 is 7.60 Å². The van der Waals surface area contributed by atoms with Gasteiger partial charge in [0.05, 0.1) is 30.9 Å². The van der Waals surface area contributed by atoms with E-state index >= 15 is 0 Å². The number of pyridine rings is 1. The average Bonchev–Trinajstić information content (AvgIpc) is 3.22. The lowest BCUT2D eigenvalue weighted by Gasteiger charge is -2.43. The fourth-order valence-electron chi connectivity index (χ4n) is 6.57. The number of aromatic nitrogens is 1. The highest BCUT2D eigenvalue weighted by Crippen LogP contribution is 2.51. The number of aliphatic hydroxyl groups excluding tert-OH is 1. The van der Waals surface area contributed by atoms with Crippen molar-refractivity contribution in [1.82, 2.24) is 4.98 Å². The summed E-state index contributed by atoms with van der Waals surface area (Å²) in [6.45, 7) is 17.6. The van der Waals surface area contributed by atoms with Gasteiger partial charge in [-0.2, -0.15) is 0 Å². The summed E-state index contributed by atoms with van der Waals surface area (Å²) in [6, 6.07) is 35.3. The van der Waals surface area contributed by atoms with Gasteiger partial charge in [-0.25, -0.2) is 13.4 Å². The van der Waals surface area contributed by atoms with Crippen LogP contribution in [0.5, 0.6) is 17.2 Å². The molecule has 62 heavy (non-hydrogen) atoms. The maximum Gasteiger partial charge on any atom is 0.335 e. The molecule has 1 heterocycles. The van der Waals surface area contributed by atoms with Crippen LogP contribution in [-0.2, 0) is 34.0 Å². The number of hydrogen-bond donors (Lipinski definition) is 2. The molecule has 2 N–H and O–H groups in total. The quantitative estimate of drug-likeness (QED) is 0.0601. The van der Waals surface area contributed by atoms with Gasteiger partial charge in [-0.3, -0.25) is 9.36 Å². The van der Waals surface area contributed by atoms with Gasteiger partial charge in [-0.05, 0) is 90.1 Å². The highest BCUT2D eigenvalue weighted by atomic mass is 32.2. The van der Waals surface area contributed by atoms with Crippen molar-refractivity contribution < 1.29 is 45.8 Å². The van der Waals surface area contributed by atoms with Crippen LogP contribution in [0, 0.1) is 5.92 Å². The number of amides is 1. The summed E-state index contributed by atoms with van der Waals surface area (Å²) in [6.07, 6.45) is 2.10. The molecular weight excluding hydrogens is 844 g/mol. The first-order valence-corrected chi connectivity index (χ1v) is 26.1. The molecule has 0 aliphatic heterocycles. The van der Waals surface area contributed by atoms with Gasteiger partial charge in [0, 0.05) is 30.7 Å². The molecule has 0 aliphatic rings. The molecule has 334 valence electrons. The second-order valence-electron chi connectivity index (χ2n) is 16.1. The van der Waals surface area contributed by atoms with Crippen molar-refractivity contribution >= 4 is 47.8 Å². The third kappa shape index (κ3) is 14.2. The normalized spacial score (nSPS) is 12.6. The number of ether oxygens (including phenoxy) is 2. The van der Waals surface area contributed by atoms with E-state index in [4.69, 9.17) is 22.9 Å². The minimum absolute atomic E-state index is 0.0458. The first-order valence-electron chi connectivity index (χ1n) is 20.6. The lowest BCUT2D eigenvalue weighted by atomic mass is 10.1. The van der Waals surface area contributed by atoms with Gasteiger partial charge in [0.25, 0.3) is 14.2 Å². The maximum absolute atomic E-state index is 13.1. The van der Waals surface area contributed by atoms with E-state index < -0.39 is 37.8 Å². The summed E-state index contributed by atoms with van der Waals surface area (Å²) in [4.78, 5) is 17.5. The predicted molar refractivity (Wildman–Crippen MR) is 248 cm³/mol. The Morgan fingerprint density at radius 2 is 1.37 bits per heavy atom. The van der Waals surface area contributed by atoms with Gasteiger partial charge in [-0.15, -0.1) is 0 Å². The zero-order valence-corrected chi connectivity index (χ0v) is 39.9. The number of carbonyl (C=O) groups is 1. The number of rotatable bonds is 19. The van der Waals surface area contributed by atoms with Crippen LogP contribution in [0.2, 0.25) is 5.04 Å². The van der Waals surface area contributed by atoms with E-state index in [1.165, 1.54) is 53.0 Å². The monoisotopic (exact) mass is 904 g/mol. The second kappa shape index (κ2) is 22.6. The first kappa shape index (κ1) is 50.0. The number of nitrogens with zero attached hydrogens (tertiary/aromatic N) is 1. The van der Waals surface area contributed by atoms with Gasteiger partial charge >= 0.3 is 7.60 Å². The molecule has 1 aromatic heterocycles. The molecule has 0 saturated carbocycles. The standard InChI is InChI=1S/C27H33N2O9PS.C20H28OSi/c1-5-35-39(32,36-6-2)18-20-7-12-26(28-16-20)29-27(31)21-13-23(37-19(3)17-30)15-24(14-21)38-22-8-10-25(11-9-22)40(4,33)34;1-17(2)16-21-22(20(3,4)5,18-12-8-6-9-13-18)19-14-10-7-11-15-19/h7-16,19,30H,5-6,17-18H2,1-4H3,(H,28,29,31);6-15,17H,16H2,1-5H3/t19-;/m0./s1. The van der Waals surface area contributed by atoms with Gasteiger partial charge < -0.3 is 33.4 Å². The van der Waals surface area contributed by atoms with Crippen LogP contribution in [0.4, 0.5) is 5.82 Å². The zero-order valence-electron chi connectivity index (χ0n) is 37.2. The number of carbonyl (C=O) groups excluding carboxylic acids is 1. The molecule has 5 rings (SSSR count). The van der Waals surface area contributed by atoms with Crippen LogP contribution in [0.25, 0.3) is 0 Å². The van der Waals surface area contributed by atoms with Crippen LogP contribution < -0.4 is 25.2 Å². The Morgan fingerprint density at radius 3 is 1.84 bits per heavy atom. The van der Waals surface area contributed by atoms with Crippen molar-refractivity contribution in [3.05, 3.63) is 133 Å². The molecule has 1 atom stereocenters. The number of benzene rings is 4. The average molecular weight is 905 g/mol. The van der Waals surface area contributed by atoms with Gasteiger partial charge in [0.15, 0.2) is 9.84 Å². The molecule has 0 radical (unpaired) electrons. The van der Waals surface area contributed by atoms with E-state index in [9.17, 15) is 22.9 Å². The number of aliphatic hydroxyl groups is 1. The van der Waals surface area contributed by atoms with Crippen molar-refractivity contribution in [2.75, 3.05) is 38.0 Å². The number of anilines is 1. The van der Waals surface area contributed by atoms with Gasteiger partial charge in [-0.1, -0.05) is 101 Å². The highest BCUT2D eigenvalue weighted by molar-refractivity contribution is 7.90. The smallest absolute Gasteiger partial charge is 0.335 e. The molecular formula is C47H61N2O10PSSi. The summed E-state index contributed by atoms with van der Waals surface area (Å²) < 4.78 is 65.2. The van der Waals surface area contributed by atoms with E-state index in [2.05, 4.69) is 106 Å². The van der Waals surface area contributed by atoms with Crippen LogP contribution in [-0.4, -0.2) is 71.5 Å². The third-order valence-electron chi connectivity index (χ3n) is 9.37. The molecule has 4 aromatic carbocycles. The van der Waals surface area contributed by atoms with Crippen LogP contribution in [0.1, 0.15) is 71.3 Å². The SMILES string of the molecule is CC(C)CO[Si](c1ccccc1)(c1ccccc1)C(C)(C)C.CCOP(=O)(Cc1ccc(NC(=O)c2cc(Oc3ccc(S(C)(=O)=O)cc3)cc(O[C@@H](C)CO)c2)nc1)OCC. The largest absolute Gasteiger partial charge is 0.488 e. The van der Waals surface area contributed by atoms with Crippen molar-refractivity contribution in [3.8, 4) is 17.2 Å². The Kier molecular flexibility index (Phi) is 18.2. The molecule has 0 saturated heterocycles. The first-order chi connectivity index (χ1) is 29.3. The number of sulfone groups is 1. The van der Waals surface area contributed by atoms with E-state index in [0.717, 1.165) is 12.9 Å². The fourth-order valence-corrected chi connectivity index (χ4v) is 13.6. The van der Waals surface area contributed by atoms with Crippen molar-refractivity contribution in [3.63, 3.8) is 0 Å². The van der Waals surface area contributed by atoms with Crippen molar-refractivity contribution in [1.29, 1.82) is 0 Å². The summed E-state index contributed by atoms with van der Waals surface area (Å²) >= 11 is 0. The Morgan fingerprint density at radius 1 is 0.806 bits per heavy atom. The van der Waals surface area contributed by atoms with Crippen LogP contribution in [0.3, 0.4) is 0 Å². The van der Waals surface area contributed by atoms with E-state index in [1.54, 1.807) is 39.0 Å². The van der Waals surface area contributed by atoms with Crippen molar-refractivity contribution in [2.45, 2.75) is 77.6 Å². The Bertz CT molecular complexity index is 2280. The summed E-state index contributed by atoms with van der Waals surface area (Å²) in [7, 11) is -8.98. The summed E-state index contributed by atoms with van der Waals surface area (Å²) in [5.41, 5.74) is 0.808. The molecule has 12 nitrogen and oxygen atoms in total. The molecule has 0 unspecified atom stereocenters. The zero-order chi connectivity index (χ0) is 45.6. The van der Waals surface area contributed by atoms with Gasteiger partial charge in [0.1, 0.15) is 29.2 Å². The second-order valence-corrected chi connectivity index (χ2v) is 24.5. The lowest BCUT2D eigenvalue weighted by Crippen LogP contribution is -2.66. The minimum Gasteiger partial charge on any atom is -0.488 e. The minimum atomic E-state index is -3.37. The molecule has 5 aromatic rings. The topological polar surface area (TPSA) is 160 Å². The molecule has 1 amide bonds. The molecule has 0 bridgehead atoms. The van der Waals surface area contributed by atoms with Crippen molar-refractivity contribution in [2.24, 2.45) is 5.92 Å². The molecule has 0 aliphatic carbocycles. The molecule has 15 heteroatoms. The highest BCUT2D eigenvalue weighted by Gasteiger charge is 2.50. The van der Waals surface area contributed by atoms with E-state index in [-0.39, 0.29) is 58.8 Å². The summed E-state index contributed by atoms with van der Waals surface area (Å²) in [5.74, 6) is 1.16. The molecule has 0 fully saturated rings. The van der Waals surface area contributed by atoms with E-state index in [0.29, 0.717) is 17.2 Å². The van der Waals surface area contributed by atoms with E-state index in [1.807, 2.05) is 0 Å². The van der Waals surface area contributed by atoms with Gasteiger partial charge in [0.2, 0.25) is 0 Å².